The van der Waals surface area contributed by atoms with E-state index in [4.69, 9.17) is 42.0 Å². The number of hydrogen-bond acceptors (Lipinski definition) is 8. The van der Waals surface area contributed by atoms with Gasteiger partial charge in [0.2, 0.25) is 0 Å². The average molecular weight is 615 g/mol. The molecular weight excluding hydrogens is 588 g/mol. The van der Waals surface area contributed by atoms with Crippen molar-refractivity contribution in [3.8, 4) is 29.6 Å². The van der Waals surface area contributed by atoms with Gasteiger partial charge in [-0.25, -0.2) is 9.79 Å². The highest BCUT2D eigenvalue weighted by Gasteiger charge is 2.35. The van der Waals surface area contributed by atoms with Crippen LogP contribution in [-0.4, -0.2) is 38.0 Å². The molecule has 2 heterocycles. The van der Waals surface area contributed by atoms with Gasteiger partial charge < -0.3 is 18.9 Å². The Morgan fingerprint density at radius 3 is 2.51 bits per heavy atom. The highest BCUT2D eigenvalue weighted by molar-refractivity contribution is 7.07. The Hall–Kier alpha value is -4.78. The molecule has 1 aromatic heterocycles. The van der Waals surface area contributed by atoms with Crippen LogP contribution in [0.2, 0.25) is 5.02 Å². The molecule has 0 N–H and O–H groups in total. The third-order valence-electron chi connectivity index (χ3n) is 6.65. The third-order valence-corrected chi connectivity index (χ3v) is 7.92. The number of terminal acetylenes is 1. The zero-order chi connectivity index (χ0) is 30.5. The van der Waals surface area contributed by atoms with Gasteiger partial charge in [-0.1, -0.05) is 71.3 Å². The Bertz CT molecular complexity index is 1920. The van der Waals surface area contributed by atoms with Crippen molar-refractivity contribution in [1.82, 2.24) is 4.57 Å². The second-order valence-corrected chi connectivity index (χ2v) is 10.6. The van der Waals surface area contributed by atoms with Crippen molar-refractivity contribution in [2.24, 2.45) is 4.99 Å². The molecule has 3 aromatic carbocycles. The van der Waals surface area contributed by atoms with E-state index in [0.29, 0.717) is 43.4 Å². The molecule has 4 aromatic rings. The number of methoxy groups -OCH3 is 2. The van der Waals surface area contributed by atoms with Crippen molar-refractivity contribution in [3.05, 3.63) is 114 Å². The van der Waals surface area contributed by atoms with E-state index >= 15 is 0 Å². The van der Waals surface area contributed by atoms with Crippen LogP contribution >= 0.6 is 22.9 Å². The molecule has 43 heavy (non-hydrogen) atoms. The van der Waals surface area contributed by atoms with Crippen molar-refractivity contribution in [3.63, 3.8) is 0 Å². The zero-order valence-electron chi connectivity index (χ0n) is 23.6. The maximum atomic E-state index is 14.1. The number of halogens is 1. The van der Waals surface area contributed by atoms with Crippen LogP contribution in [-0.2, 0) is 9.53 Å². The highest BCUT2D eigenvalue weighted by Crippen LogP contribution is 2.37. The number of rotatable bonds is 9. The highest BCUT2D eigenvalue weighted by atomic mass is 35.5. The SMILES string of the molecule is C#CCOc1c(Cl)cc(/C=c2\sc3n(c2=O)[C@@H](c2ccc(OC)cc2)C(C(=O)OCC)=C(c2ccccc2)N=3)cc1OC. The van der Waals surface area contributed by atoms with Crippen LogP contribution < -0.4 is 29.1 Å². The fourth-order valence-electron chi connectivity index (χ4n) is 4.77. The second-order valence-electron chi connectivity index (χ2n) is 9.23. The first-order chi connectivity index (χ1) is 20.9. The molecule has 1 aliphatic heterocycles. The van der Waals surface area contributed by atoms with Crippen LogP contribution in [0.1, 0.15) is 29.7 Å². The molecule has 1 aliphatic rings. The van der Waals surface area contributed by atoms with Gasteiger partial charge in [-0.15, -0.1) is 6.42 Å². The van der Waals surface area contributed by atoms with E-state index in [1.54, 1.807) is 44.4 Å². The van der Waals surface area contributed by atoms with Gasteiger partial charge in [0.1, 0.15) is 12.4 Å². The minimum Gasteiger partial charge on any atom is -0.497 e. The fraction of sp³-hybridized carbons (Fsp3) is 0.182. The summed E-state index contributed by atoms with van der Waals surface area (Å²) in [4.78, 5) is 33.0. The fourth-order valence-corrected chi connectivity index (χ4v) is 6.05. The Kier molecular flexibility index (Phi) is 9.00. The van der Waals surface area contributed by atoms with E-state index in [-0.39, 0.29) is 29.4 Å². The molecular formula is C33H27ClN2O6S. The lowest BCUT2D eigenvalue weighted by Gasteiger charge is -2.26. The van der Waals surface area contributed by atoms with Crippen molar-refractivity contribution >= 4 is 40.7 Å². The van der Waals surface area contributed by atoms with E-state index in [2.05, 4.69) is 5.92 Å². The van der Waals surface area contributed by atoms with Crippen LogP contribution in [0.3, 0.4) is 0 Å². The van der Waals surface area contributed by atoms with Crippen LogP contribution in [0.15, 0.2) is 82.1 Å². The number of fused-ring (bicyclic) bond motifs is 1. The molecule has 0 fully saturated rings. The predicted molar refractivity (Wildman–Crippen MR) is 166 cm³/mol. The molecule has 5 rings (SSSR count). The quantitative estimate of drug-likeness (QED) is 0.202. The second kappa shape index (κ2) is 13.0. The standard InChI is InChI=1S/C33H27ClN2O6S/c1-5-16-42-30-24(34)17-20(18-25(30)40-4)19-26-31(37)36-29(22-12-14-23(39-3)15-13-22)27(32(38)41-6-2)28(35-33(36)43-26)21-10-8-7-9-11-21/h1,7-15,17-19,29H,6,16H2,2-4H3/b26-19-/t29-/m0/s1. The van der Waals surface area contributed by atoms with E-state index in [1.807, 2.05) is 42.5 Å². The minimum absolute atomic E-state index is 0.0198. The van der Waals surface area contributed by atoms with Gasteiger partial charge in [-0.05, 0) is 48.4 Å². The molecule has 0 unspecified atom stereocenters. The number of carbonyl (C=O) groups excluding carboxylic acids is 1. The molecule has 1 atom stereocenters. The first-order valence-corrected chi connectivity index (χ1v) is 14.5. The summed E-state index contributed by atoms with van der Waals surface area (Å²) in [5.74, 6) is 3.17. The summed E-state index contributed by atoms with van der Waals surface area (Å²) in [5, 5.41) is 0.278. The number of benzene rings is 3. The van der Waals surface area contributed by atoms with Crippen molar-refractivity contribution in [2.45, 2.75) is 13.0 Å². The largest absolute Gasteiger partial charge is 0.497 e. The lowest BCUT2D eigenvalue weighted by atomic mass is 9.93. The molecule has 0 saturated carbocycles. The number of carbonyl (C=O) groups is 1. The van der Waals surface area contributed by atoms with Gasteiger partial charge in [0.15, 0.2) is 16.3 Å². The first kappa shape index (κ1) is 29.7. The van der Waals surface area contributed by atoms with E-state index in [1.165, 1.54) is 23.0 Å². The maximum Gasteiger partial charge on any atom is 0.338 e. The molecule has 0 bridgehead atoms. The molecule has 0 radical (unpaired) electrons. The number of hydrogen-bond donors (Lipinski definition) is 0. The van der Waals surface area contributed by atoms with E-state index in [0.717, 1.165) is 5.56 Å². The summed E-state index contributed by atoms with van der Waals surface area (Å²) < 4.78 is 23.8. The molecule has 0 aliphatic carbocycles. The average Bonchev–Trinajstić information content (AvgIpc) is 3.34. The van der Waals surface area contributed by atoms with Crippen molar-refractivity contribution < 1.29 is 23.7 Å². The van der Waals surface area contributed by atoms with Gasteiger partial charge in [0.05, 0.1) is 47.7 Å². The van der Waals surface area contributed by atoms with Crippen LogP contribution in [0.25, 0.3) is 11.8 Å². The first-order valence-electron chi connectivity index (χ1n) is 13.3. The summed E-state index contributed by atoms with van der Waals surface area (Å²) in [6.45, 7) is 1.92. The smallest absolute Gasteiger partial charge is 0.338 e. The van der Waals surface area contributed by atoms with Gasteiger partial charge in [0.25, 0.3) is 5.56 Å². The van der Waals surface area contributed by atoms with Gasteiger partial charge >= 0.3 is 5.97 Å². The summed E-state index contributed by atoms with van der Waals surface area (Å²) in [6, 6.07) is 19.1. The molecule has 8 nitrogen and oxygen atoms in total. The number of thiazole rings is 1. The van der Waals surface area contributed by atoms with Crippen LogP contribution in [0, 0.1) is 12.3 Å². The Labute approximate surface area is 257 Å². The van der Waals surface area contributed by atoms with Crippen molar-refractivity contribution in [1.29, 1.82) is 0 Å². The van der Waals surface area contributed by atoms with Gasteiger partial charge in [-0.3, -0.25) is 9.36 Å². The summed E-state index contributed by atoms with van der Waals surface area (Å²) in [6.07, 6.45) is 7.03. The number of nitrogens with zero attached hydrogens (tertiary/aromatic N) is 2. The summed E-state index contributed by atoms with van der Waals surface area (Å²) in [5.41, 5.74) is 2.39. The van der Waals surface area contributed by atoms with Crippen LogP contribution in [0.5, 0.6) is 17.2 Å². The van der Waals surface area contributed by atoms with Crippen molar-refractivity contribution in [2.75, 3.05) is 27.4 Å². The number of aromatic nitrogens is 1. The predicted octanol–water partition coefficient (Wildman–Crippen LogP) is 4.62. The van der Waals surface area contributed by atoms with Gasteiger partial charge in [0, 0.05) is 5.56 Å². The topological polar surface area (TPSA) is 88.4 Å². The Balaban J connectivity index is 1.77. The third kappa shape index (κ3) is 5.93. The Morgan fingerprint density at radius 1 is 1.12 bits per heavy atom. The minimum atomic E-state index is -0.809. The lowest BCUT2D eigenvalue weighted by molar-refractivity contribution is -0.138. The number of ether oxygens (including phenoxy) is 4. The van der Waals surface area contributed by atoms with Crippen LogP contribution in [0.4, 0.5) is 0 Å². The van der Waals surface area contributed by atoms with E-state index < -0.39 is 12.0 Å². The van der Waals surface area contributed by atoms with Gasteiger partial charge in [-0.2, -0.15) is 0 Å². The summed E-state index contributed by atoms with van der Waals surface area (Å²) >= 11 is 7.70. The molecule has 10 heteroatoms. The van der Waals surface area contributed by atoms with E-state index in [9.17, 15) is 9.59 Å². The monoisotopic (exact) mass is 614 g/mol. The normalized spacial score (nSPS) is 14.4. The Morgan fingerprint density at radius 2 is 1.86 bits per heavy atom. The molecule has 0 amide bonds. The maximum absolute atomic E-state index is 14.1. The zero-order valence-corrected chi connectivity index (χ0v) is 25.2. The number of esters is 1. The molecule has 218 valence electrons. The summed E-state index contributed by atoms with van der Waals surface area (Å²) in [7, 11) is 3.06. The lowest BCUT2D eigenvalue weighted by Crippen LogP contribution is -2.40. The molecule has 0 saturated heterocycles. The molecule has 0 spiro atoms.